The van der Waals surface area contributed by atoms with Crippen LogP contribution < -0.4 is 10.5 Å². The van der Waals surface area contributed by atoms with E-state index in [1.807, 2.05) is 12.1 Å². The summed E-state index contributed by atoms with van der Waals surface area (Å²) in [5.41, 5.74) is 0.937. The number of aryl methyl sites for hydroxylation is 1. The number of hydrogen-bond donors (Lipinski definition) is 2. The highest BCUT2D eigenvalue weighted by Gasteiger charge is 2.36. The first kappa shape index (κ1) is 18.7. The summed E-state index contributed by atoms with van der Waals surface area (Å²) in [6, 6.07) is 10.3. The second kappa shape index (κ2) is 7.63. The number of nitrogens with two attached hydrogens (primary N) is 1. The summed E-state index contributed by atoms with van der Waals surface area (Å²) in [4.78, 5) is 12.0. The largest absolute Gasteiger partial charge is 0.466 e. The van der Waals surface area contributed by atoms with Crippen molar-refractivity contribution in [2.75, 3.05) is 6.54 Å². The molecule has 140 valence electrons. The zero-order chi connectivity index (χ0) is 18.7. The Morgan fingerprint density at radius 2 is 1.88 bits per heavy atom. The molecule has 0 bridgehead atoms. The summed E-state index contributed by atoms with van der Waals surface area (Å²) in [5.74, 6) is 3.13. The van der Waals surface area contributed by atoms with E-state index in [-0.39, 0.29) is 10.8 Å². The molecule has 0 saturated heterocycles. The van der Waals surface area contributed by atoms with Crippen molar-refractivity contribution in [2.24, 2.45) is 11.1 Å². The van der Waals surface area contributed by atoms with Crippen LogP contribution in [0.5, 0.6) is 0 Å². The van der Waals surface area contributed by atoms with Crippen LogP contribution in [-0.2, 0) is 27.7 Å². The summed E-state index contributed by atoms with van der Waals surface area (Å²) in [6.45, 7) is 2.71. The fraction of sp³-hybridized carbons (Fsp3) is 0.421. The Labute approximate surface area is 153 Å². The quantitative estimate of drug-likeness (QED) is 0.738. The summed E-state index contributed by atoms with van der Waals surface area (Å²) >= 11 is 0. The number of carbonyl (C=O) groups is 1. The maximum absolute atomic E-state index is 11.9. The van der Waals surface area contributed by atoms with Gasteiger partial charge in [0, 0.05) is 25.3 Å². The van der Waals surface area contributed by atoms with Crippen molar-refractivity contribution < 1.29 is 17.6 Å². The molecular formula is C19H24N2O4S. The number of nitrogens with one attached hydrogen (secondary N) is 1. The van der Waals surface area contributed by atoms with Crippen molar-refractivity contribution in [3.63, 3.8) is 0 Å². The Hall–Kier alpha value is -2.12. The summed E-state index contributed by atoms with van der Waals surface area (Å²) in [7, 11) is -3.67. The van der Waals surface area contributed by atoms with Crippen LogP contribution in [0.15, 0.2) is 45.7 Å². The van der Waals surface area contributed by atoms with Crippen molar-refractivity contribution >= 4 is 15.9 Å². The number of benzene rings is 1. The number of rotatable bonds is 8. The smallest absolute Gasteiger partial charge is 0.238 e. The molecule has 1 heterocycles. The van der Waals surface area contributed by atoms with Gasteiger partial charge < -0.3 is 9.73 Å². The van der Waals surface area contributed by atoms with E-state index in [2.05, 4.69) is 12.2 Å². The van der Waals surface area contributed by atoms with E-state index in [4.69, 9.17) is 9.56 Å². The topological polar surface area (TPSA) is 102 Å². The first-order chi connectivity index (χ1) is 12.3. The Morgan fingerprint density at radius 3 is 2.50 bits per heavy atom. The first-order valence-corrected chi connectivity index (χ1v) is 10.3. The van der Waals surface area contributed by atoms with Crippen LogP contribution in [0.1, 0.15) is 42.8 Å². The fourth-order valence-electron chi connectivity index (χ4n) is 2.96. The molecule has 2 atom stereocenters. The SMILES string of the molecule is CC1CC1c1ccc(CCC(=O)NCCc2ccc(S(N)(=O)=O)cc2)o1. The third kappa shape index (κ3) is 4.95. The average Bonchev–Trinajstić information content (AvgIpc) is 3.14. The molecule has 1 aliphatic rings. The lowest BCUT2D eigenvalue weighted by Crippen LogP contribution is -2.25. The molecule has 3 rings (SSSR count). The summed E-state index contributed by atoms with van der Waals surface area (Å²) in [6.07, 6.45) is 2.79. The Kier molecular flexibility index (Phi) is 5.48. The predicted molar refractivity (Wildman–Crippen MR) is 98.1 cm³/mol. The minimum Gasteiger partial charge on any atom is -0.466 e. The van der Waals surface area contributed by atoms with Crippen LogP contribution in [0.2, 0.25) is 0 Å². The van der Waals surface area contributed by atoms with Gasteiger partial charge in [0.1, 0.15) is 11.5 Å². The van der Waals surface area contributed by atoms with Crippen molar-refractivity contribution in [2.45, 2.75) is 43.4 Å². The molecule has 1 aromatic heterocycles. The molecule has 0 radical (unpaired) electrons. The molecule has 1 amide bonds. The standard InChI is InChI=1S/C19H24N2O4S/c1-13-12-17(13)18-8-4-15(25-18)5-9-19(22)21-11-10-14-2-6-16(7-3-14)26(20,23)24/h2-4,6-8,13,17H,5,9-12H2,1H3,(H,21,22)(H2,20,23,24). The van der Waals surface area contributed by atoms with Crippen LogP contribution in [-0.4, -0.2) is 20.9 Å². The second-order valence-electron chi connectivity index (χ2n) is 6.91. The molecule has 7 heteroatoms. The van der Waals surface area contributed by atoms with Gasteiger partial charge in [-0.1, -0.05) is 19.1 Å². The normalized spacial score (nSPS) is 19.3. The van der Waals surface area contributed by atoms with Gasteiger partial charge in [0.15, 0.2) is 0 Å². The molecule has 1 aromatic carbocycles. The highest BCUT2D eigenvalue weighted by atomic mass is 32.2. The number of hydrogen-bond acceptors (Lipinski definition) is 4. The van der Waals surface area contributed by atoms with Gasteiger partial charge >= 0.3 is 0 Å². The van der Waals surface area contributed by atoms with Crippen LogP contribution in [0.25, 0.3) is 0 Å². The number of carbonyl (C=O) groups excluding carboxylic acids is 1. The third-order valence-corrected chi connectivity index (χ3v) is 5.67. The van der Waals surface area contributed by atoms with E-state index in [1.165, 1.54) is 18.6 Å². The molecule has 2 aromatic rings. The Bertz CT molecular complexity index is 871. The first-order valence-electron chi connectivity index (χ1n) is 8.80. The van der Waals surface area contributed by atoms with Crippen molar-refractivity contribution in [1.29, 1.82) is 0 Å². The summed E-state index contributed by atoms with van der Waals surface area (Å²) < 4.78 is 28.2. The number of amides is 1. The number of sulfonamides is 1. The van der Waals surface area contributed by atoms with Crippen molar-refractivity contribution in [1.82, 2.24) is 5.32 Å². The molecule has 1 saturated carbocycles. The van der Waals surface area contributed by atoms with E-state index in [0.29, 0.717) is 37.6 Å². The maximum atomic E-state index is 11.9. The fourth-order valence-corrected chi connectivity index (χ4v) is 3.48. The summed E-state index contributed by atoms with van der Waals surface area (Å²) in [5, 5.41) is 7.94. The van der Waals surface area contributed by atoms with E-state index in [0.717, 1.165) is 17.1 Å². The van der Waals surface area contributed by atoms with E-state index < -0.39 is 10.0 Å². The molecule has 1 aliphatic carbocycles. The average molecular weight is 376 g/mol. The minimum atomic E-state index is -3.67. The van der Waals surface area contributed by atoms with Crippen molar-refractivity contribution in [3.05, 3.63) is 53.5 Å². The highest BCUT2D eigenvalue weighted by Crippen LogP contribution is 2.47. The monoisotopic (exact) mass is 376 g/mol. The van der Waals surface area contributed by atoms with Gasteiger partial charge in [-0.2, -0.15) is 0 Å². The lowest BCUT2D eigenvalue weighted by atomic mass is 10.1. The van der Waals surface area contributed by atoms with E-state index in [1.54, 1.807) is 12.1 Å². The van der Waals surface area contributed by atoms with Gasteiger partial charge in [0.2, 0.25) is 15.9 Å². The van der Waals surface area contributed by atoms with E-state index >= 15 is 0 Å². The van der Waals surface area contributed by atoms with Gasteiger partial charge in [-0.25, -0.2) is 13.6 Å². The van der Waals surface area contributed by atoms with Crippen LogP contribution >= 0.6 is 0 Å². The van der Waals surface area contributed by atoms with Crippen LogP contribution in [0.4, 0.5) is 0 Å². The number of primary sulfonamides is 1. The van der Waals surface area contributed by atoms with Gasteiger partial charge in [0.05, 0.1) is 4.90 Å². The predicted octanol–water partition coefficient (Wildman–Crippen LogP) is 2.34. The zero-order valence-corrected chi connectivity index (χ0v) is 15.6. The Morgan fingerprint density at radius 1 is 1.19 bits per heavy atom. The van der Waals surface area contributed by atoms with Crippen LogP contribution in [0, 0.1) is 5.92 Å². The lowest BCUT2D eigenvalue weighted by Gasteiger charge is -2.06. The highest BCUT2D eigenvalue weighted by molar-refractivity contribution is 7.89. The van der Waals surface area contributed by atoms with Gasteiger partial charge in [-0.05, 0) is 48.6 Å². The number of furan rings is 1. The molecule has 26 heavy (non-hydrogen) atoms. The van der Waals surface area contributed by atoms with Gasteiger partial charge in [0.25, 0.3) is 0 Å². The van der Waals surface area contributed by atoms with E-state index in [9.17, 15) is 13.2 Å². The molecule has 1 fully saturated rings. The zero-order valence-electron chi connectivity index (χ0n) is 14.8. The molecule has 6 nitrogen and oxygen atoms in total. The minimum absolute atomic E-state index is 0.0242. The third-order valence-electron chi connectivity index (χ3n) is 4.74. The maximum Gasteiger partial charge on any atom is 0.238 e. The van der Waals surface area contributed by atoms with Crippen molar-refractivity contribution in [3.8, 4) is 0 Å². The molecule has 3 N–H and O–H groups in total. The molecule has 2 unspecified atom stereocenters. The van der Waals surface area contributed by atoms with Crippen LogP contribution in [0.3, 0.4) is 0 Å². The van der Waals surface area contributed by atoms with Gasteiger partial charge in [-0.15, -0.1) is 0 Å². The Balaban J connectivity index is 1.38. The second-order valence-corrected chi connectivity index (χ2v) is 8.47. The molecule has 0 aliphatic heterocycles. The lowest BCUT2D eigenvalue weighted by molar-refractivity contribution is -0.121. The molecular weight excluding hydrogens is 352 g/mol. The molecule has 0 spiro atoms. The van der Waals surface area contributed by atoms with Gasteiger partial charge in [-0.3, -0.25) is 4.79 Å².